The number of hydrogen-bond donors (Lipinski definition) is 0. The Kier molecular flexibility index (Phi) is 6.24. The quantitative estimate of drug-likeness (QED) is 0.573. The van der Waals surface area contributed by atoms with Crippen molar-refractivity contribution < 1.29 is 23.1 Å². The van der Waals surface area contributed by atoms with Gasteiger partial charge in [0.1, 0.15) is 12.3 Å². The van der Waals surface area contributed by atoms with Crippen molar-refractivity contribution in [2.24, 2.45) is 11.3 Å². The minimum absolute atomic E-state index is 0.0948. The Hall–Kier alpha value is -0.380. The summed E-state index contributed by atoms with van der Waals surface area (Å²) in [7, 11) is -0.792. The first-order valence-corrected chi connectivity index (χ1v) is 8.84. The second-order valence-corrected chi connectivity index (χ2v) is 8.69. The molecule has 1 fully saturated rings. The van der Waals surface area contributed by atoms with E-state index >= 15 is 0 Å². The summed E-state index contributed by atoms with van der Waals surface area (Å²) in [6.45, 7) is 6.50. The molecule has 0 unspecified atom stereocenters. The van der Waals surface area contributed by atoms with Gasteiger partial charge in [-0.25, -0.2) is 0 Å². The predicted octanol–water partition coefficient (Wildman–Crippen LogP) is 3.62. The summed E-state index contributed by atoms with van der Waals surface area (Å²) in [5.74, 6) is -0.164. The van der Waals surface area contributed by atoms with E-state index < -0.39 is 13.6 Å². The van der Waals surface area contributed by atoms with E-state index in [9.17, 15) is 9.36 Å². The molecule has 1 aliphatic carbocycles. The fourth-order valence-electron chi connectivity index (χ4n) is 2.80. The van der Waals surface area contributed by atoms with Crippen LogP contribution in [0.5, 0.6) is 0 Å². The van der Waals surface area contributed by atoms with Crippen LogP contribution in [0.2, 0.25) is 0 Å². The van der Waals surface area contributed by atoms with Crippen LogP contribution in [-0.4, -0.2) is 32.5 Å². The van der Waals surface area contributed by atoms with Gasteiger partial charge in [0.2, 0.25) is 0 Å². The SMILES string of the molecule is COP(=O)(CC(=O)O[C@H]1CCCC[C@@H]1C(C)(C)C)OC. The van der Waals surface area contributed by atoms with Gasteiger partial charge in [-0.2, -0.15) is 0 Å². The van der Waals surface area contributed by atoms with Gasteiger partial charge in [-0.3, -0.25) is 9.36 Å². The minimum Gasteiger partial charge on any atom is -0.462 e. The van der Waals surface area contributed by atoms with Crippen molar-refractivity contribution in [2.45, 2.75) is 52.6 Å². The van der Waals surface area contributed by atoms with Crippen molar-refractivity contribution in [3.05, 3.63) is 0 Å². The van der Waals surface area contributed by atoms with Gasteiger partial charge in [0.05, 0.1) is 0 Å². The van der Waals surface area contributed by atoms with E-state index in [2.05, 4.69) is 20.8 Å². The molecular weight excluding hydrogens is 279 g/mol. The fourth-order valence-corrected chi connectivity index (χ4v) is 3.59. The van der Waals surface area contributed by atoms with Crippen molar-refractivity contribution in [2.75, 3.05) is 20.4 Å². The highest BCUT2D eigenvalue weighted by molar-refractivity contribution is 7.54. The molecule has 0 aromatic carbocycles. The smallest absolute Gasteiger partial charge is 0.341 e. The normalized spacial score (nSPS) is 24.4. The molecule has 0 spiro atoms. The molecule has 0 amide bonds. The van der Waals surface area contributed by atoms with Gasteiger partial charge in [0, 0.05) is 20.1 Å². The number of esters is 1. The minimum atomic E-state index is -3.34. The summed E-state index contributed by atoms with van der Waals surface area (Å²) in [4.78, 5) is 12.0. The molecule has 6 heteroatoms. The average Bonchev–Trinajstić information content (AvgIpc) is 2.37. The van der Waals surface area contributed by atoms with Gasteiger partial charge in [-0.1, -0.05) is 27.2 Å². The van der Waals surface area contributed by atoms with Crippen LogP contribution in [0.1, 0.15) is 46.5 Å². The van der Waals surface area contributed by atoms with Crippen LogP contribution in [0, 0.1) is 11.3 Å². The molecule has 1 saturated carbocycles. The number of carbonyl (C=O) groups excluding carboxylic acids is 1. The standard InChI is InChI=1S/C14H27O5P/c1-14(2,3)11-8-6-7-9-12(11)19-13(15)10-20(16,17-4)18-5/h11-12H,6-10H2,1-5H3/t11-,12-/m0/s1. The van der Waals surface area contributed by atoms with Gasteiger partial charge in [0.15, 0.2) is 0 Å². The molecule has 0 bridgehead atoms. The van der Waals surface area contributed by atoms with E-state index in [1.165, 1.54) is 20.6 Å². The van der Waals surface area contributed by atoms with E-state index in [0.717, 1.165) is 19.3 Å². The van der Waals surface area contributed by atoms with E-state index in [1.807, 2.05) is 0 Å². The van der Waals surface area contributed by atoms with Crippen molar-refractivity contribution in [1.29, 1.82) is 0 Å². The van der Waals surface area contributed by atoms with Crippen molar-refractivity contribution in [1.82, 2.24) is 0 Å². The molecule has 118 valence electrons. The lowest BCUT2D eigenvalue weighted by molar-refractivity contribution is -0.153. The first-order chi connectivity index (χ1) is 9.22. The number of rotatable bonds is 5. The molecule has 0 saturated heterocycles. The van der Waals surface area contributed by atoms with Crippen LogP contribution in [0.4, 0.5) is 0 Å². The summed E-state index contributed by atoms with van der Waals surface area (Å²) in [5.41, 5.74) is 0.0948. The lowest BCUT2D eigenvalue weighted by Crippen LogP contribution is -2.38. The second-order valence-electron chi connectivity index (χ2n) is 6.42. The molecule has 0 heterocycles. The van der Waals surface area contributed by atoms with Crippen molar-refractivity contribution in [3.63, 3.8) is 0 Å². The van der Waals surface area contributed by atoms with Crippen LogP contribution in [-0.2, 0) is 23.1 Å². The molecule has 0 aromatic rings. The molecule has 20 heavy (non-hydrogen) atoms. The second kappa shape index (κ2) is 7.06. The first-order valence-electron chi connectivity index (χ1n) is 7.12. The number of hydrogen-bond acceptors (Lipinski definition) is 5. The predicted molar refractivity (Wildman–Crippen MR) is 77.8 cm³/mol. The van der Waals surface area contributed by atoms with Crippen LogP contribution < -0.4 is 0 Å². The Morgan fingerprint density at radius 3 is 2.20 bits per heavy atom. The third-order valence-corrected chi connectivity index (χ3v) is 5.74. The van der Waals surface area contributed by atoms with Gasteiger partial charge in [-0.05, 0) is 24.7 Å². The molecule has 1 aliphatic rings. The lowest BCUT2D eigenvalue weighted by Gasteiger charge is -2.39. The third-order valence-electron chi connectivity index (χ3n) is 3.98. The number of carbonyl (C=O) groups is 1. The van der Waals surface area contributed by atoms with E-state index in [1.54, 1.807) is 0 Å². The van der Waals surface area contributed by atoms with Crippen LogP contribution >= 0.6 is 7.60 Å². The first kappa shape index (κ1) is 17.7. The van der Waals surface area contributed by atoms with Gasteiger partial charge >= 0.3 is 13.6 Å². The monoisotopic (exact) mass is 306 g/mol. The highest BCUT2D eigenvalue weighted by atomic mass is 31.2. The summed E-state index contributed by atoms with van der Waals surface area (Å²) >= 11 is 0. The largest absolute Gasteiger partial charge is 0.462 e. The Balaban J connectivity index is 2.65. The Morgan fingerprint density at radius 2 is 1.70 bits per heavy atom. The number of ether oxygens (including phenoxy) is 1. The lowest BCUT2D eigenvalue weighted by atomic mass is 9.71. The molecule has 0 N–H and O–H groups in total. The Labute approximate surface area is 121 Å². The molecule has 0 aliphatic heterocycles. The van der Waals surface area contributed by atoms with E-state index in [0.29, 0.717) is 5.92 Å². The van der Waals surface area contributed by atoms with Crippen molar-refractivity contribution in [3.8, 4) is 0 Å². The van der Waals surface area contributed by atoms with E-state index in [-0.39, 0.29) is 17.7 Å². The summed E-state index contributed by atoms with van der Waals surface area (Å²) in [6, 6.07) is 0. The fraction of sp³-hybridized carbons (Fsp3) is 0.929. The van der Waals surface area contributed by atoms with Gasteiger partial charge < -0.3 is 13.8 Å². The van der Waals surface area contributed by atoms with Crippen LogP contribution in [0.25, 0.3) is 0 Å². The summed E-state index contributed by atoms with van der Waals surface area (Å²) in [5, 5.41) is 0. The zero-order valence-electron chi connectivity index (χ0n) is 13.2. The zero-order valence-corrected chi connectivity index (χ0v) is 14.1. The molecule has 2 atom stereocenters. The third kappa shape index (κ3) is 4.87. The average molecular weight is 306 g/mol. The maximum absolute atomic E-state index is 12.0. The molecular formula is C14H27O5P. The van der Waals surface area contributed by atoms with Crippen molar-refractivity contribution >= 4 is 13.6 Å². The maximum Gasteiger partial charge on any atom is 0.341 e. The summed E-state index contributed by atoms with van der Waals surface area (Å²) in [6.07, 6.45) is 3.75. The van der Waals surface area contributed by atoms with Crippen LogP contribution in [0.15, 0.2) is 0 Å². The van der Waals surface area contributed by atoms with E-state index in [4.69, 9.17) is 13.8 Å². The molecule has 0 aromatic heterocycles. The highest BCUT2D eigenvalue weighted by Crippen LogP contribution is 2.46. The topological polar surface area (TPSA) is 61.8 Å². The maximum atomic E-state index is 12.0. The van der Waals surface area contributed by atoms with Gasteiger partial charge in [-0.15, -0.1) is 0 Å². The summed E-state index contributed by atoms with van der Waals surface area (Å²) < 4.78 is 27.0. The zero-order chi connectivity index (χ0) is 15.4. The van der Waals surface area contributed by atoms with Crippen LogP contribution in [0.3, 0.4) is 0 Å². The molecule has 5 nitrogen and oxygen atoms in total. The Bertz CT molecular complexity index is 366. The molecule has 1 rings (SSSR count). The Morgan fingerprint density at radius 1 is 1.15 bits per heavy atom. The van der Waals surface area contributed by atoms with Gasteiger partial charge in [0.25, 0.3) is 0 Å². The molecule has 0 radical (unpaired) electrons. The highest BCUT2D eigenvalue weighted by Gasteiger charge is 2.37.